The predicted octanol–water partition coefficient (Wildman–Crippen LogP) is 1.15. The molecule has 3 rings (SSSR count). The number of rotatable bonds is 4. The second kappa shape index (κ2) is 5.19. The van der Waals surface area contributed by atoms with Gasteiger partial charge in [0.2, 0.25) is 10.0 Å². The molecule has 0 saturated heterocycles. The van der Waals surface area contributed by atoms with E-state index in [2.05, 4.69) is 14.9 Å². The molecule has 0 radical (unpaired) electrons. The normalized spacial score (nSPS) is 14.4. The summed E-state index contributed by atoms with van der Waals surface area (Å²) in [6, 6.07) is 3.85. The minimum absolute atomic E-state index is 0.0465. The predicted molar refractivity (Wildman–Crippen MR) is 73.5 cm³/mol. The Bertz CT molecular complexity index is 785. The van der Waals surface area contributed by atoms with Gasteiger partial charge in [0, 0.05) is 13.0 Å². The highest BCUT2D eigenvalue weighted by molar-refractivity contribution is 7.89. The van der Waals surface area contributed by atoms with E-state index in [-0.39, 0.29) is 11.4 Å². The van der Waals surface area contributed by atoms with Crippen LogP contribution in [0.25, 0.3) is 0 Å². The fraction of sp³-hybridized carbons (Fsp3) is 0.385. The zero-order valence-corrected chi connectivity index (χ0v) is 12.3. The van der Waals surface area contributed by atoms with Gasteiger partial charge in [0.1, 0.15) is 17.5 Å². The summed E-state index contributed by atoms with van der Waals surface area (Å²) < 4.78 is 42.1. The van der Waals surface area contributed by atoms with Crippen molar-refractivity contribution in [3.05, 3.63) is 41.2 Å². The van der Waals surface area contributed by atoms with Crippen LogP contribution in [-0.2, 0) is 29.5 Å². The summed E-state index contributed by atoms with van der Waals surface area (Å²) in [5.74, 6) is 0.922. The molecule has 0 fully saturated rings. The van der Waals surface area contributed by atoms with Crippen LogP contribution in [0.4, 0.5) is 4.39 Å². The van der Waals surface area contributed by atoms with E-state index in [0.717, 1.165) is 31.3 Å². The Kier molecular flexibility index (Phi) is 3.50. The van der Waals surface area contributed by atoms with Crippen molar-refractivity contribution < 1.29 is 12.8 Å². The Morgan fingerprint density at radius 2 is 2.19 bits per heavy atom. The van der Waals surface area contributed by atoms with Gasteiger partial charge in [0.15, 0.2) is 0 Å². The molecule has 1 aliphatic heterocycles. The molecule has 0 amide bonds. The van der Waals surface area contributed by atoms with Crippen molar-refractivity contribution in [3.63, 3.8) is 0 Å². The van der Waals surface area contributed by atoms with Gasteiger partial charge >= 0.3 is 0 Å². The van der Waals surface area contributed by atoms with Gasteiger partial charge in [0.25, 0.3) is 0 Å². The summed E-state index contributed by atoms with van der Waals surface area (Å²) in [6.45, 7) is 2.43. The van der Waals surface area contributed by atoms with Crippen LogP contribution in [0, 0.1) is 12.7 Å². The molecule has 1 aromatic heterocycles. The van der Waals surface area contributed by atoms with E-state index in [4.69, 9.17) is 0 Å². The molecule has 1 aromatic carbocycles. The van der Waals surface area contributed by atoms with Crippen LogP contribution in [0.2, 0.25) is 0 Å². The Labute approximate surface area is 122 Å². The number of benzene rings is 1. The average Bonchev–Trinajstić information content (AvgIpc) is 3.03. The number of hydrogen-bond acceptors (Lipinski definition) is 4. The quantitative estimate of drug-likeness (QED) is 0.919. The zero-order valence-electron chi connectivity index (χ0n) is 11.5. The molecule has 6 nitrogen and oxygen atoms in total. The largest absolute Gasteiger partial charge is 0.314 e. The molecule has 2 aromatic rings. The van der Waals surface area contributed by atoms with E-state index < -0.39 is 15.8 Å². The van der Waals surface area contributed by atoms with Gasteiger partial charge in [0.05, 0.1) is 11.4 Å². The van der Waals surface area contributed by atoms with Crippen LogP contribution in [0.1, 0.15) is 23.6 Å². The minimum atomic E-state index is -3.76. The van der Waals surface area contributed by atoms with E-state index in [1.54, 1.807) is 6.92 Å². The molecule has 0 bridgehead atoms. The number of nitrogens with one attached hydrogen (secondary N) is 1. The number of sulfonamides is 1. The van der Waals surface area contributed by atoms with Gasteiger partial charge < -0.3 is 4.57 Å². The first kappa shape index (κ1) is 14.2. The summed E-state index contributed by atoms with van der Waals surface area (Å²) in [5, 5.41) is 7.99. The van der Waals surface area contributed by atoms with E-state index in [9.17, 15) is 12.8 Å². The Balaban J connectivity index is 1.78. The smallest absolute Gasteiger partial charge is 0.241 e. The molecule has 8 heteroatoms. The Hall–Kier alpha value is -1.80. The summed E-state index contributed by atoms with van der Waals surface area (Å²) in [4.78, 5) is -0.0910. The number of aromatic nitrogens is 3. The van der Waals surface area contributed by atoms with E-state index in [0.29, 0.717) is 11.4 Å². The van der Waals surface area contributed by atoms with Crippen LogP contribution in [0.15, 0.2) is 23.1 Å². The molecule has 0 unspecified atom stereocenters. The van der Waals surface area contributed by atoms with Gasteiger partial charge in [-0.3, -0.25) is 0 Å². The highest BCUT2D eigenvalue weighted by atomic mass is 32.2. The van der Waals surface area contributed by atoms with Gasteiger partial charge in [-0.1, -0.05) is 6.07 Å². The molecule has 0 spiro atoms. The third-order valence-corrected chi connectivity index (χ3v) is 4.96. The van der Waals surface area contributed by atoms with Gasteiger partial charge in [-0.15, -0.1) is 10.2 Å². The Morgan fingerprint density at radius 3 is 2.95 bits per heavy atom. The van der Waals surface area contributed by atoms with Gasteiger partial charge in [-0.2, -0.15) is 0 Å². The first-order chi connectivity index (χ1) is 9.97. The van der Waals surface area contributed by atoms with Crippen LogP contribution in [0.5, 0.6) is 0 Å². The van der Waals surface area contributed by atoms with E-state index in [1.165, 1.54) is 12.1 Å². The maximum atomic E-state index is 13.5. The minimum Gasteiger partial charge on any atom is -0.314 e. The lowest BCUT2D eigenvalue weighted by molar-refractivity contribution is 0.571. The highest BCUT2D eigenvalue weighted by Crippen LogP contribution is 2.16. The molecule has 0 atom stereocenters. The molecular weight excluding hydrogens is 295 g/mol. The van der Waals surface area contributed by atoms with Crippen molar-refractivity contribution in [2.75, 3.05) is 0 Å². The van der Waals surface area contributed by atoms with Crippen molar-refractivity contribution >= 4 is 10.0 Å². The maximum Gasteiger partial charge on any atom is 0.241 e. The Morgan fingerprint density at radius 1 is 1.38 bits per heavy atom. The lowest BCUT2D eigenvalue weighted by Gasteiger charge is -2.08. The fourth-order valence-electron chi connectivity index (χ4n) is 2.33. The molecule has 1 aliphatic rings. The topological polar surface area (TPSA) is 76.9 Å². The molecule has 1 N–H and O–H groups in total. The molecule has 0 aliphatic carbocycles. The monoisotopic (exact) mass is 310 g/mol. The second-order valence-corrected chi connectivity index (χ2v) is 6.79. The molecule has 2 heterocycles. The standard InChI is InChI=1S/C13H15FN4O2S/c1-9-4-5-10(7-11(9)14)21(19,20)15-8-13-17-16-12-3-2-6-18(12)13/h4-5,7,15H,2-3,6,8H2,1H3. The van der Waals surface area contributed by atoms with Crippen LogP contribution in [-0.4, -0.2) is 23.2 Å². The molecule has 21 heavy (non-hydrogen) atoms. The van der Waals surface area contributed by atoms with Crippen LogP contribution in [0.3, 0.4) is 0 Å². The molecular formula is C13H15FN4O2S. The van der Waals surface area contributed by atoms with Crippen LogP contribution < -0.4 is 4.72 Å². The third-order valence-electron chi connectivity index (χ3n) is 3.56. The fourth-order valence-corrected chi connectivity index (χ4v) is 3.32. The lowest BCUT2D eigenvalue weighted by atomic mass is 10.2. The second-order valence-electron chi connectivity index (χ2n) is 5.02. The molecule has 0 saturated carbocycles. The van der Waals surface area contributed by atoms with Gasteiger partial charge in [-0.25, -0.2) is 17.5 Å². The van der Waals surface area contributed by atoms with Crippen LogP contribution >= 0.6 is 0 Å². The summed E-state index contributed by atoms with van der Waals surface area (Å²) in [5.41, 5.74) is 0.407. The third kappa shape index (κ3) is 2.68. The first-order valence-corrected chi connectivity index (χ1v) is 8.12. The summed E-state index contributed by atoms with van der Waals surface area (Å²) in [6.07, 6.45) is 1.86. The number of fused-ring (bicyclic) bond motifs is 1. The summed E-state index contributed by atoms with van der Waals surface area (Å²) >= 11 is 0. The SMILES string of the molecule is Cc1ccc(S(=O)(=O)NCc2nnc3n2CCC3)cc1F. The lowest BCUT2D eigenvalue weighted by Crippen LogP contribution is -2.25. The van der Waals surface area contributed by atoms with Crippen molar-refractivity contribution in [1.82, 2.24) is 19.5 Å². The van der Waals surface area contributed by atoms with Crippen molar-refractivity contribution in [2.45, 2.75) is 37.8 Å². The number of halogens is 1. The first-order valence-electron chi connectivity index (χ1n) is 6.64. The highest BCUT2D eigenvalue weighted by Gasteiger charge is 2.20. The van der Waals surface area contributed by atoms with E-state index in [1.807, 2.05) is 4.57 Å². The van der Waals surface area contributed by atoms with Crippen molar-refractivity contribution in [2.24, 2.45) is 0 Å². The van der Waals surface area contributed by atoms with Crippen molar-refractivity contribution in [3.8, 4) is 0 Å². The summed E-state index contributed by atoms with van der Waals surface area (Å²) in [7, 11) is -3.76. The van der Waals surface area contributed by atoms with E-state index >= 15 is 0 Å². The van der Waals surface area contributed by atoms with Gasteiger partial charge in [-0.05, 0) is 31.0 Å². The maximum absolute atomic E-state index is 13.5. The zero-order chi connectivity index (χ0) is 15.0. The number of nitrogens with zero attached hydrogens (tertiary/aromatic N) is 3. The number of aryl methyl sites for hydroxylation is 2. The average molecular weight is 310 g/mol. The molecule has 112 valence electrons. The number of hydrogen-bond donors (Lipinski definition) is 1. The van der Waals surface area contributed by atoms with Crippen molar-refractivity contribution in [1.29, 1.82) is 0 Å².